The van der Waals surface area contributed by atoms with Gasteiger partial charge in [-0.2, -0.15) is 0 Å². The second-order valence-electron chi connectivity index (χ2n) is 12.1. The highest BCUT2D eigenvalue weighted by Crippen LogP contribution is 2.66. The van der Waals surface area contributed by atoms with Gasteiger partial charge in [0.05, 0.1) is 23.2 Å². The maximum absolute atomic E-state index is 14.7. The summed E-state index contributed by atoms with van der Waals surface area (Å²) in [6.45, 7) is 15.0. The van der Waals surface area contributed by atoms with Crippen molar-refractivity contribution in [3.8, 4) is 0 Å². The van der Waals surface area contributed by atoms with Gasteiger partial charge >= 0.3 is 5.97 Å². The van der Waals surface area contributed by atoms with E-state index < -0.39 is 22.6 Å². The van der Waals surface area contributed by atoms with Crippen LogP contribution in [0.15, 0.2) is 49.6 Å². The van der Waals surface area contributed by atoms with E-state index in [-0.39, 0.29) is 29.6 Å². The summed E-state index contributed by atoms with van der Waals surface area (Å²) < 4.78 is 5.09. The first-order valence-corrected chi connectivity index (χ1v) is 17.4. The Bertz CT molecular complexity index is 1160. The number of fused-ring (bicyclic) bond motifs is 1. The molecule has 3 aliphatic rings. The van der Waals surface area contributed by atoms with Crippen LogP contribution >= 0.6 is 11.8 Å². The number of carbonyl (C=O) groups is 3. The number of nitrogens with zero attached hydrogens (tertiary/aromatic N) is 3. The zero-order chi connectivity index (χ0) is 31.7. The first-order valence-electron chi connectivity index (χ1n) is 16.5. The lowest BCUT2D eigenvalue weighted by Gasteiger charge is -2.37. The van der Waals surface area contributed by atoms with E-state index >= 15 is 0 Å². The summed E-state index contributed by atoms with van der Waals surface area (Å²) >= 11 is 1.68. The molecule has 5 atom stereocenters. The number of anilines is 2. The van der Waals surface area contributed by atoms with E-state index in [0.29, 0.717) is 19.7 Å². The van der Waals surface area contributed by atoms with Crippen molar-refractivity contribution in [3.63, 3.8) is 0 Å². The zero-order valence-corrected chi connectivity index (χ0v) is 27.4. The van der Waals surface area contributed by atoms with Crippen LogP contribution in [-0.4, -0.2) is 83.2 Å². The quantitative estimate of drug-likeness (QED) is 0.122. The molecule has 0 aliphatic carbocycles. The number of hydrogen-bond donors (Lipinski definition) is 1. The largest absolute Gasteiger partial charge is 0.465 e. The highest BCUT2D eigenvalue weighted by molar-refractivity contribution is 8.02. The summed E-state index contributed by atoms with van der Waals surface area (Å²) in [5, 5.41) is 9.20. The SMILES string of the molecule is C=CCCCCOC(=O)[C@@H]1[C@H]2C(=O)N(CCCCCCO)C(C(=O)N(CC=C)c3ccc(N(CC)CC)cc3)C23CC[C@H]1S3. The number of unbranched alkanes of at least 4 members (excludes halogenated alkanes) is 5. The fourth-order valence-corrected chi connectivity index (χ4v) is 9.58. The first kappa shape index (κ1) is 34.1. The number of aliphatic hydroxyl groups is 1. The first-order chi connectivity index (χ1) is 21.4. The van der Waals surface area contributed by atoms with Crippen molar-refractivity contribution >= 4 is 40.9 Å². The second kappa shape index (κ2) is 16.0. The molecular formula is C35H51N3O5S. The lowest BCUT2D eigenvalue weighted by atomic mass is 9.71. The van der Waals surface area contributed by atoms with Crippen molar-refractivity contribution in [1.29, 1.82) is 0 Å². The van der Waals surface area contributed by atoms with Gasteiger partial charge in [-0.15, -0.1) is 24.9 Å². The van der Waals surface area contributed by atoms with Crippen LogP contribution in [0.25, 0.3) is 0 Å². The van der Waals surface area contributed by atoms with Crippen molar-refractivity contribution in [2.75, 3.05) is 49.2 Å². The maximum Gasteiger partial charge on any atom is 0.310 e. The molecule has 0 aromatic heterocycles. The van der Waals surface area contributed by atoms with Gasteiger partial charge in [0, 0.05) is 49.4 Å². The third-order valence-corrected chi connectivity index (χ3v) is 11.5. The number of hydrogen-bond acceptors (Lipinski definition) is 7. The van der Waals surface area contributed by atoms with E-state index in [1.807, 2.05) is 30.3 Å². The highest BCUT2D eigenvalue weighted by Gasteiger charge is 2.74. The fourth-order valence-electron chi connectivity index (χ4n) is 7.38. The van der Waals surface area contributed by atoms with E-state index in [4.69, 9.17) is 4.74 Å². The minimum atomic E-state index is -0.666. The van der Waals surface area contributed by atoms with Crippen LogP contribution in [0.1, 0.15) is 71.6 Å². The predicted molar refractivity (Wildman–Crippen MR) is 179 cm³/mol. The third kappa shape index (κ3) is 6.89. The molecule has 3 saturated heterocycles. The molecular weight excluding hydrogens is 574 g/mol. The molecule has 9 heteroatoms. The minimum absolute atomic E-state index is 0.0205. The second-order valence-corrected chi connectivity index (χ2v) is 13.7. The monoisotopic (exact) mass is 625 g/mol. The number of carbonyl (C=O) groups excluding carboxylic acids is 3. The number of likely N-dealkylation sites (tertiary alicyclic amines) is 1. The summed E-state index contributed by atoms with van der Waals surface area (Å²) in [5.74, 6) is -1.60. The molecule has 4 rings (SSSR count). The number of aliphatic hydroxyl groups excluding tert-OH is 1. The van der Waals surface area contributed by atoms with E-state index in [2.05, 4.69) is 31.9 Å². The van der Waals surface area contributed by atoms with Crippen molar-refractivity contribution in [2.45, 2.75) is 87.7 Å². The molecule has 3 fully saturated rings. The topological polar surface area (TPSA) is 90.4 Å². The van der Waals surface area contributed by atoms with Crippen LogP contribution in [0.5, 0.6) is 0 Å². The number of benzene rings is 1. The van der Waals surface area contributed by atoms with Crippen LogP contribution < -0.4 is 9.80 Å². The minimum Gasteiger partial charge on any atom is -0.465 e. The number of rotatable bonds is 19. The van der Waals surface area contributed by atoms with Crippen LogP contribution in [0.3, 0.4) is 0 Å². The number of amides is 2. The van der Waals surface area contributed by atoms with E-state index in [1.54, 1.807) is 27.6 Å². The Kier molecular flexibility index (Phi) is 12.4. The van der Waals surface area contributed by atoms with E-state index in [1.165, 1.54) is 0 Å². The lowest BCUT2D eigenvalue weighted by Crippen LogP contribution is -2.55. The summed E-state index contributed by atoms with van der Waals surface area (Å²) in [4.78, 5) is 48.3. The molecule has 1 N–H and O–H groups in total. The van der Waals surface area contributed by atoms with Gasteiger partial charge in [0.1, 0.15) is 6.04 Å². The standard InChI is InChI=1S/C35H51N3O5S/c1-5-9-10-15-25-43-34(42)29-28-20-21-35(44-28)30(29)32(40)38(23-13-11-12-14-24-39)31(35)33(41)37(22-6-2)27-18-16-26(17-19-27)36(7-3)8-4/h5-6,16-19,28-31,39H,1-2,7-15,20-25H2,3-4H3/t28-,29+,30+,31?,35?/m1/s1. The summed E-state index contributed by atoms with van der Waals surface area (Å²) in [7, 11) is 0. The van der Waals surface area contributed by atoms with Gasteiger partial charge < -0.3 is 24.5 Å². The molecule has 1 aromatic carbocycles. The van der Waals surface area contributed by atoms with Crippen molar-refractivity contribution in [3.05, 3.63) is 49.6 Å². The Balaban J connectivity index is 1.63. The third-order valence-electron chi connectivity index (χ3n) is 9.53. The van der Waals surface area contributed by atoms with Gasteiger partial charge in [-0.25, -0.2) is 0 Å². The maximum atomic E-state index is 14.7. The molecule has 0 radical (unpaired) electrons. The molecule has 2 unspecified atom stereocenters. The van der Waals surface area contributed by atoms with E-state index in [9.17, 15) is 19.5 Å². The van der Waals surface area contributed by atoms with Crippen molar-refractivity contribution < 1.29 is 24.2 Å². The van der Waals surface area contributed by atoms with Crippen LogP contribution in [0.2, 0.25) is 0 Å². The number of thioether (sulfide) groups is 1. The van der Waals surface area contributed by atoms with Gasteiger partial charge in [-0.05, 0) is 83.1 Å². The molecule has 0 saturated carbocycles. The number of ether oxygens (including phenoxy) is 1. The molecule has 44 heavy (non-hydrogen) atoms. The smallest absolute Gasteiger partial charge is 0.310 e. The molecule has 2 amide bonds. The van der Waals surface area contributed by atoms with Crippen LogP contribution in [0, 0.1) is 11.8 Å². The van der Waals surface area contributed by atoms with Gasteiger partial charge in [-0.3, -0.25) is 14.4 Å². The Morgan fingerprint density at radius 2 is 1.75 bits per heavy atom. The van der Waals surface area contributed by atoms with E-state index in [0.717, 1.165) is 82.3 Å². The molecule has 3 aliphatic heterocycles. The average molecular weight is 626 g/mol. The summed E-state index contributed by atoms with van der Waals surface area (Å²) in [6, 6.07) is 7.38. The zero-order valence-electron chi connectivity index (χ0n) is 26.6. The Morgan fingerprint density at radius 3 is 2.41 bits per heavy atom. The molecule has 1 aromatic rings. The molecule has 2 bridgehead atoms. The Morgan fingerprint density at radius 1 is 1.05 bits per heavy atom. The normalized spacial score (nSPS) is 25.2. The highest BCUT2D eigenvalue weighted by atomic mass is 32.2. The fraction of sp³-hybridized carbons (Fsp3) is 0.629. The summed E-state index contributed by atoms with van der Waals surface area (Å²) in [6.07, 6.45) is 10.8. The molecule has 242 valence electrons. The average Bonchev–Trinajstić information content (AvgIpc) is 3.67. The van der Waals surface area contributed by atoms with Gasteiger partial charge in [0.25, 0.3) is 5.91 Å². The number of allylic oxidation sites excluding steroid dienone is 1. The van der Waals surface area contributed by atoms with Crippen LogP contribution in [-0.2, 0) is 19.1 Å². The van der Waals surface area contributed by atoms with Gasteiger partial charge in [-0.1, -0.05) is 25.0 Å². The molecule has 8 nitrogen and oxygen atoms in total. The van der Waals surface area contributed by atoms with Gasteiger partial charge in [0.15, 0.2) is 0 Å². The number of esters is 1. The van der Waals surface area contributed by atoms with Crippen LogP contribution in [0.4, 0.5) is 11.4 Å². The summed E-state index contributed by atoms with van der Waals surface area (Å²) in [5.41, 5.74) is 1.87. The Labute approximate surface area is 267 Å². The van der Waals surface area contributed by atoms with Crippen molar-refractivity contribution in [1.82, 2.24) is 4.90 Å². The Hall–Kier alpha value is -2.78. The molecule has 1 spiro atoms. The lowest BCUT2D eigenvalue weighted by molar-refractivity contribution is -0.154. The predicted octanol–water partition coefficient (Wildman–Crippen LogP) is 5.60. The van der Waals surface area contributed by atoms with Crippen molar-refractivity contribution in [2.24, 2.45) is 11.8 Å². The molecule has 3 heterocycles. The van der Waals surface area contributed by atoms with Gasteiger partial charge in [0.2, 0.25) is 5.91 Å².